The third-order valence-electron chi connectivity index (χ3n) is 2.67. The largest absolute Gasteiger partial charge is 0.494 e. The lowest BCUT2D eigenvalue weighted by Gasteiger charge is -2.21. The Morgan fingerprint density at radius 2 is 1.50 bits per heavy atom. The molecule has 4 nitrogen and oxygen atoms in total. The average Bonchev–Trinajstić information content (AvgIpc) is 2.47. The second-order valence-corrected chi connectivity index (χ2v) is 8.31. The van der Waals surface area contributed by atoms with Crippen LogP contribution in [0.15, 0.2) is 30.3 Å². The molecule has 0 unspecified atom stereocenters. The lowest BCUT2D eigenvalue weighted by atomic mass is 10.3. The van der Waals surface area contributed by atoms with Crippen LogP contribution in [0.5, 0.6) is 17.2 Å². The van der Waals surface area contributed by atoms with Crippen LogP contribution in [-0.4, -0.2) is 16.9 Å². The lowest BCUT2D eigenvalue weighted by molar-refractivity contribution is 0.410. The van der Waals surface area contributed by atoms with Crippen molar-refractivity contribution >= 4 is 58.4 Å². The quantitative estimate of drug-likeness (QED) is 0.591. The van der Waals surface area contributed by atoms with E-state index in [1.165, 1.54) is 7.11 Å². The Bertz CT molecular complexity index is 749. The molecule has 0 amide bonds. The molecule has 0 fully saturated rings. The van der Waals surface area contributed by atoms with Gasteiger partial charge in [0.05, 0.1) is 12.1 Å². The molecule has 0 atom stereocenters. The normalized spacial score (nSPS) is 11.4. The molecular formula is C13H10Cl3O4PS. The molecule has 2 aromatic rings. The number of benzene rings is 2. The van der Waals surface area contributed by atoms with Crippen LogP contribution in [0.4, 0.5) is 0 Å². The first-order valence-electron chi connectivity index (χ1n) is 5.80. The van der Waals surface area contributed by atoms with E-state index in [1.807, 2.05) is 0 Å². The standard InChI is InChI=1S/C13H10Cl3O4PS/c1-19-11-9(15)8(14)10(16)12(13(11)21(17,18)22)20-7-5-3-2-4-6-7/h2-6H,1H3,(H2,17,18,22). The summed E-state index contributed by atoms with van der Waals surface area (Å²) in [6.45, 7) is -3.96. The molecule has 0 aliphatic heterocycles. The van der Waals surface area contributed by atoms with E-state index >= 15 is 0 Å². The maximum absolute atomic E-state index is 9.96. The van der Waals surface area contributed by atoms with Crippen molar-refractivity contribution in [2.24, 2.45) is 0 Å². The van der Waals surface area contributed by atoms with Crippen LogP contribution in [0.25, 0.3) is 0 Å². The van der Waals surface area contributed by atoms with Crippen LogP contribution in [0.2, 0.25) is 15.1 Å². The fourth-order valence-electron chi connectivity index (χ4n) is 1.76. The first kappa shape index (κ1) is 17.8. The Morgan fingerprint density at radius 3 is 2.00 bits per heavy atom. The Morgan fingerprint density at radius 1 is 0.955 bits per heavy atom. The van der Waals surface area contributed by atoms with Crippen LogP contribution in [-0.2, 0) is 11.8 Å². The van der Waals surface area contributed by atoms with Gasteiger partial charge in [-0.05, 0) is 23.9 Å². The molecule has 118 valence electrons. The molecule has 0 bridgehead atoms. The fraction of sp³-hybridized carbons (Fsp3) is 0.0769. The second kappa shape index (κ2) is 6.93. The molecule has 0 spiro atoms. The summed E-state index contributed by atoms with van der Waals surface area (Å²) in [4.78, 5) is 19.9. The summed E-state index contributed by atoms with van der Waals surface area (Å²) in [5.74, 6) is 0.248. The van der Waals surface area contributed by atoms with Crippen LogP contribution in [0.3, 0.4) is 0 Å². The molecule has 2 aromatic carbocycles. The summed E-state index contributed by atoms with van der Waals surface area (Å²) in [5.41, 5.74) is 0. The smallest absolute Gasteiger partial charge is 0.221 e. The Hall–Kier alpha value is -0.520. The van der Waals surface area contributed by atoms with Gasteiger partial charge in [0.25, 0.3) is 0 Å². The summed E-state index contributed by atoms with van der Waals surface area (Å²) in [7, 11) is 1.30. The molecular weight excluding hydrogens is 390 g/mol. The first-order chi connectivity index (χ1) is 10.3. The molecule has 0 aromatic heterocycles. The number of ether oxygens (including phenoxy) is 2. The summed E-state index contributed by atoms with van der Waals surface area (Å²) >= 11 is 23.0. The SMILES string of the molecule is COc1c(Cl)c(Cl)c(Cl)c(Oc2ccccc2)c1P(O)(O)=S. The summed E-state index contributed by atoms with van der Waals surface area (Å²) in [6.07, 6.45) is 0. The molecule has 0 saturated heterocycles. The fourth-order valence-corrected chi connectivity index (χ4v) is 3.99. The van der Waals surface area contributed by atoms with Crippen LogP contribution in [0, 0.1) is 0 Å². The maximum Gasteiger partial charge on any atom is 0.221 e. The molecule has 0 aliphatic rings. The third kappa shape index (κ3) is 3.52. The zero-order valence-electron chi connectivity index (χ0n) is 11.1. The zero-order chi connectivity index (χ0) is 16.5. The van der Waals surface area contributed by atoms with Gasteiger partial charge in [0, 0.05) is 0 Å². The molecule has 22 heavy (non-hydrogen) atoms. The highest BCUT2D eigenvalue weighted by molar-refractivity contribution is 8.12. The number of halogens is 3. The van der Waals surface area contributed by atoms with Crippen molar-refractivity contribution in [2.75, 3.05) is 7.11 Å². The van der Waals surface area contributed by atoms with Crippen molar-refractivity contribution in [1.29, 1.82) is 0 Å². The maximum atomic E-state index is 9.96. The molecule has 0 heterocycles. The van der Waals surface area contributed by atoms with Crippen LogP contribution in [0.1, 0.15) is 0 Å². The van der Waals surface area contributed by atoms with Gasteiger partial charge in [-0.25, -0.2) is 0 Å². The molecule has 2 rings (SSSR count). The van der Waals surface area contributed by atoms with Crippen molar-refractivity contribution in [3.05, 3.63) is 45.4 Å². The van der Waals surface area contributed by atoms with Gasteiger partial charge < -0.3 is 19.3 Å². The number of para-hydroxylation sites is 1. The van der Waals surface area contributed by atoms with Crippen molar-refractivity contribution in [2.45, 2.75) is 0 Å². The number of rotatable bonds is 4. The molecule has 2 N–H and O–H groups in total. The highest BCUT2D eigenvalue weighted by Gasteiger charge is 2.31. The van der Waals surface area contributed by atoms with Gasteiger partial charge in [0.1, 0.15) is 21.1 Å². The predicted octanol–water partition coefficient (Wildman–Crippen LogP) is 4.37. The van der Waals surface area contributed by atoms with Crippen molar-refractivity contribution in [3.63, 3.8) is 0 Å². The van der Waals surface area contributed by atoms with Gasteiger partial charge in [-0.2, -0.15) is 0 Å². The van der Waals surface area contributed by atoms with E-state index in [0.717, 1.165) is 0 Å². The zero-order valence-corrected chi connectivity index (χ0v) is 15.1. The minimum atomic E-state index is -3.96. The van der Waals surface area contributed by atoms with E-state index in [-0.39, 0.29) is 31.9 Å². The minimum absolute atomic E-state index is 0.0293. The monoisotopic (exact) mass is 398 g/mol. The van der Waals surface area contributed by atoms with E-state index in [0.29, 0.717) is 5.75 Å². The van der Waals surface area contributed by atoms with Gasteiger partial charge in [-0.15, -0.1) is 0 Å². The first-order valence-corrected chi connectivity index (χ1v) is 9.65. The van der Waals surface area contributed by atoms with Crippen LogP contribution < -0.4 is 14.8 Å². The molecule has 9 heteroatoms. The summed E-state index contributed by atoms with van der Waals surface area (Å²) in [6, 6.07) is 8.60. The van der Waals surface area contributed by atoms with Crippen LogP contribution >= 0.6 is 41.3 Å². The Balaban J connectivity index is 2.76. The molecule has 0 radical (unpaired) electrons. The van der Waals surface area contributed by atoms with E-state index in [9.17, 15) is 9.79 Å². The topological polar surface area (TPSA) is 58.9 Å². The third-order valence-corrected chi connectivity index (χ3v) is 5.50. The predicted molar refractivity (Wildman–Crippen MR) is 92.9 cm³/mol. The van der Waals surface area contributed by atoms with Crippen molar-refractivity contribution in [3.8, 4) is 17.2 Å². The molecule has 0 saturated carbocycles. The van der Waals surface area contributed by atoms with Gasteiger partial charge in [0.15, 0.2) is 11.5 Å². The van der Waals surface area contributed by atoms with E-state index < -0.39 is 6.49 Å². The number of hydrogen-bond donors (Lipinski definition) is 2. The lowest BCUT2D eigenvalue weighted by Crippen LogP contribution is -2.13. The average molecular weight is 400 g/mol. The Labute approximate surface area is 147 Å². The number of hydrogen-bond acceptors (Lipinski definition) is 3. The summed E-state index contributed by atoms with van der Waals surface area (Å²) < 4.78 is 10.7. The highest BCUT2D eigenvalue weighted by atomic mass is 35.5. The van der Waals surface area contributed by atoms with Gasteiger partial charge in [0.2, 0.25) is 6.49 Å². The van der Waals surface area contributed by atoms with E-state index in [4.69, 9.17) is 56.1 Å². The highest BCUT2D eigenvalue weighted by Crippen LogP contribution is 2.51. The minimum Gasteiger partial charge on any atom is -0.494 e. The number of methoxy groups -OCH3 is 1. The van der Waals surface area contributed by atoms with E-state index in [2.05, 4.69) is 0 Å². The molecule has 0 aliphatic carbocycles. The van der Waals surface area contributed by atoms with Gasteiger partial charge in [-0.3, -0.25) is 0 Å². The second-order valence-electron chi connectivity index (χ2n) is 4.11. The van der Waals surface area contributed by atoms with E-state index in [1.54, 1.807) is 30.3 Å². The van der Waals surface area contributed by atoms with Gasteiger partial charge in [-0.1, -0.05) is 53.0 Å². The Kier molecular flexibility index (Phi) is 5.62. The van der Waals surface area contributed by atoms with Crippen molar-refractivity contribution in [1.82, 2.24) is 0 Å². The summed E-state index contributed by atoms with van der Waals surface area (Å²) in [5, 5.41) is -0.364. The van der Waals surface area contributed by atoms with Gasteiger partial charge >= 0.3 is 0 Å². The van der Waals surface area contributed by atoms with Crippen molar-refractivity contribution < 1.29 is 19.3 Å².